The van der Waals surface area contributed by atoms with Gasteiger partial charge in [-0.05, 0) is 18.1 Å². The summed E-state index contributed by atoms with van der Waals surface area (Å²) in [5.41, 5.74) is 0.113. The molecular weight excluding hydrogens is 214 g/mol. The Morgan fingerprint density at radius 3 is 2.81 bits per heavy atom. The number of hydrogen-bond acceptors (Lipinski definition) is 2. The summed E-state index contributed by atoms with van der Waals surface area (Å²) >= 11 is 0. The lowest BCUT2D eigenvalue weighted by molar-refractivity contribution is -0.118. The lowest BCUT2D eigenvalue weighted by Crippen LogP contribution is -2.06. The Balaban J connectivity index is 2.53. The average molecular weight is 228 g/mol. The van der Waals surface area contributed by atoms with E-state index in [9.17, 15) is 13.6 Å². The van der Waals surface area contributed by atoms with Gasteiger partial charge >= 0.3 is 0 Å². The van der Waals surface area contributed by atoms with Crippen LogP contribution in [0.5, 0.6) is 0 Å². The zero-order valence-electron chi connectivity index (χ0n) is 9.13. The first kappa shape index (κ1) is 12.8. The summed E-state index contributed by atoms with van der Waals surface area (Å²) in [5.74, 6) is -1.95. The topological polar surface area (TPSA) is 26.3 Å². The summed E-state index contributed by atoms with van der Waals surface area (Å²) < 4.78 is 30.8. The number of rotatable bonds is 6. The SMILES string of the molecule is COCCCC(=O)Cc1cccc(F)c1F. The summed E-state index contributed by atoms with van der Waals surface area (Å²) in [4.78, 5) is 11.4. The Kier molecular flexibility index (Phi) is 5.05. The van der Waals surface area contributed by atoms with E-state index in [-0.39, 0.29) is 17.8 Å². The lowest BCUT2D eigenvalue weighted by atomic mass is 10.1. The molecule has 0 aliphatic rings. The van der Waals surface area contributed by atoms with Gasteiger partial charge in [-0.25, -0.2) is 8.78 Å². The molecule has 1 aromatic carbocycles. The van der Waals surface area contributed by atoms with Crippen molar-refractivity contribution in [3.63, 3.8) is 0 Å². The molecule has 0 heterocycles. The van der Waals surface area contributed by atoms with E-state index in [2.05, 4.69) is 0 Å². The molecule has 0 saturated carbocycles. The van der Waals surface area contributed by atoms with Gasteiger partial charge in [0, 0.05) is 26.6 Å². The Morgan fingerprint density at radius 2 is 2.12 bits per heavy atom. The third-order valence-electron chi connectivity index (χ3n) is 2.22. The van der Waals surface area contributed by atoms with E-state index < -0.39 is 11.6 Å². The fourth-order valence-electron chi connectivity index (χ4n) is 1.40. The van der Waals surface area contributed by atoms with Crippen LogP contribution >= 0.6 is 0 Å². The molecule has 1 aromatic rings. The van der Waals surface area contributed by atoms with Crippen molar-refractivity contribution in [1.82, 2.24) is 0 Å². The van der Waals surface area contributed by atoms with Crippen LogP contribution in [0.1, 0.15) is 18.4 Å². The van der Waals surface area contributed by atoms with Crippen LogP contribution in [-0.2, 0) is 16.0 Å². The highest BCUT2D eigenvalue weighted by Gasteiger charge is 2.11. The van der Waals surface area contributed by atoms with Crippen LogP contribution in [0.2, 0.25) is 0 Å². The molecule has 1 rings (SSSR count). The van der Waals surface area contributed by atoms with E-state index in [1.165, 1.54) is 12.1 Å². The molecule has 0 fully saturated rings. The van der Waals surface area contributed by atoms with E-state index in [4.69, 9.17) is 4.74 Å². The second-order valence-corrected chi connectivity index (χ2v) is 3.52. The summed E-state index contributed by atoms with van der Waals surface area (Å²) in [5, 5.41) is 0. The molecule has 4 heteroatoms. The second-order valence-electron chi connectivity index (χ2n) is 3.52. The van der Waals surface area contributed by atoms with E-state index in [0.717, 1.165) is 6.07 Å². The third-order valence-corrected chi connectivity index (χ3v) is 2.22. The van der Waals surface area contributed by atoms with Crippen molar-refractivity contribution in [2.45, 2.75) is 19.3 Å². The first-order valence-electron chi connectivity index (χ1n) is 5.08. The minimum atomic E-state index is -0.928. The molecule has 0 aliphatic carbocycles. The molecule has 0 aliphatic heterocycles. The van der Waals surface area contributed by atoms with Crippen molar-refractivity contribution in [3.8, 4) is 0 Å². The van der Waals surface area contributed by atoms with Gasteiger partial charge in [-0.1, -0.05) is 12.1 Å². The quantitative estimate of drug-likeness (QED) is 0.699. The van der Waals surface area contributed by atoms with Crippen LogP contribution < -0.4 is 0 Å². The average Bonchev–Trinajstić information content (AvgIpc) is 2.25. The van der Waals surface area contributed by atoms with E-state index >= 15 is 0 Å². The van der Waals surface area contributed by atoms with Crippen molar-refractivity contribution < 1.29 is 18.3 Å². The molecule has 0 aromatic heterocycles. The highest BCUT2D eigenvalue weighted by molar-refractivity contribution is 5.80. The molecule has 0 atom stereocenters. The number of hydrogen-bond donors (Lipinski definition) is 0. The van der Waals surface area contributed by atoms with E-state index in [1.807, 2.05) is 0 Å². The number of Topliss-reactive ketones (excluding diaryl/α,β-unsaturated/α-hetero) is 1. The normalized spacial score (nSPS) is 10.4. The van der Waals surface area contributed by atoms with Gasteiger partial charge in [-0.15, -0.1) is 0 Å². The monoisotopic (exact) mass is 228 g/mol. The van der Waals surface area contributed by atoms with Crippen LogP contribution in [0.15, 0.2) is 18.2 Å². The number of ketones is 1. The van der Waals surface area contributed by atoms with Gasteiger partial charge in [-0.2, -0.15) is 0 Å². The predicted molar refractivity (Wildman–Crippen MR) is 56.2 cm³/mol. The van der Waals surface area contributed by atoms with Crippen molar-refractivity contribution >= 4 is 5.78 Å². The smallest absolute Gasteiger partial charge is 0.162 e. The largest absolute Gasteiger partial charge is 0.385 e. The van der Waals surface area contributed by atoms with Crippen molar-refractivity contribution in [3.05, 3.63) is 35.4 Å². The van der Waals surface area contributed by atoms with Crippen LogP contribution in [-0.4, -0.2) is 19.5 Å². The maximum absolute atomic E-state index is 13.2. The van der Waals surface area contributed by atoms with Crippen LogP contribution in [0.25, 0.3) is 0 Å². The summed E-state index contributed by atoms with van der Waals surface area (Å²) in [6.45, 7) is 0.497. The first-order chi connectivity index (χ1) is 7.65. The Bertz CT molecular complexity index is 364. The van der Waals surface area contributed by atoms with Gasteiger partial charge in [0.25, 0.3) is 0 Å². The molecular formula is C12H14F2O2. The second kappa shape index (κ2) is 6.33. The summed E-state index contributed by atoms with van der Waals surface area (Å²) in [6.07, 6.45) is 0.864. The summed E-state index contributed by atoms with van der Waals surface area (Å²) in [6, 6.07) is 3.86. The molecule has 88 valence electrons. The highest BCUT2D eigenvalue weighted by atomic mass is 19.2. The molecule has 0 bridgehead atoms. The van der Waals surface area contributed by atoms with Gasteiger partial charge in [0.05, 0.1) is 0 Å². The van der Waals surface area contributed by atoms with Crippen LogP contribution in [0.4, 0.5) is 8.78 Å². The Hall–Kier alpha value is -1.29. The maximum Gasteiger partial charge on any atom is 0.162 e. The fraction of sp³-hybridized carbons (Fsp3) is 0.417. The number of methoxy groups -OCH3 is 1. The highest BCUT2D eigenvalue weighted by Crippen LogP contribution is 2.13. The molecule has 0 amide bonds. The zero-order valence-corrected chi connectivity index (χ0v) is 9.13. The molecule has 0 saturated heterocycles. The van der Waals surface area contributed by atoms with Crippen molar-refractivity contribution in [2.75, 3.05) is 13.7 Å². The van der Waals surface area contributed by atoms with Gasteiger partial charge in [0.1, 0.15) is 5.78 Å². The standard InChI is InChI=1S/C12H14F2O2/c1-16-7-3-5-10(15)8-9-4-2-6-11(13)12(9)14/h2,4,6H,3,5,7-8H2,1H3. The number of halogens is 2. The molecule has 0 radical (unpaired) electrons. The molecule has 16 heavy (non-hydrogen) atoms. The molecule has 0 N–H and O–H groups in total. The van der Waals surface area contributed by atoms with E-state index in [1.54, 1.807) is 7.11 Å². The van der Waals surface area contributed by atoms with E-state index in [0.29, 0.717) is 19.4 Å². The van der Waals surface area contributed by atoms with Crippen LogP contribution in [0, 0.1) is 11.6 Å². The summed E-state index contributed by atoms with van der Waals surface area (Å²) in [7, 11) is 1.55. The minimum Gasteiger partial charge on any atom is -0.385 e. The zero-order chi connectivity index (χ0) is 12.0. The Morgan fingerprint density at radius 1 is 1.38 bits per heavy atom. The molecule has 2 nitrogen and oxygen atoms in total. The molecule has 0 unspecified atom stereocenters. The first-order valence-corrected chi connectivity index (χ1v) is 5.08. The number of ether oxygens (including phenoxy) is 1. The molecule has 0 spiro atoms. The van der Waals surface area contributed by atoms with Crippen LogP contribution in [0.3, 0.4) is 0 Å². The number of benzene rings is 1. The van der Waals surface area contributed by atoms with Crippen molar-refractivity contribution in [1.29, 1.82) is 0 Å². The number of carbonyl (C=O) groups excluding carboxylic acids is 1. The van der Waals surface area contributed by atoms with Gasteiger partial charge in [0.2, 0.25) is 0 Å². The third kappa shape index (κ3) is 3.70. The van der Waals surface area contributed by atoms with Gasteiger partial charge in [0.15, 0.2) is 11.6 Å². The minimum absolute atomic E-state index is 0.0622. The number of carbonyl (C=O) groups is 1. The lowest BCUT2D eigenvalue weighted by Gasteiger charge is -2.03. The van der Waals surface area contributed by atoms with Gasteiger partial charge < -0.3 is 4.74 Å². The maximum atomic E-state index is 13.2. The fourth-order valence-corrected chi connectivity index (χ4v) is 1.40. The Labute approximate surface area is 93.2 Å². The predicted octanol–water partition coefficient (Wildman–Crippen LogP) is 2.50. The van der Waals surface area contributed by atoms with Crippen molar-refractivity contribution in [2.24, 2.45) is 0 Å². The van der Waals surface area contributed by atoms with Gasteiger partial charge in [-0.3, -0.25) is 4.79 Å².